The molecule has 3 atom stereocenters. The predicted molar refractivity (Wildman–Crippen MR) is 66.0 cm³/mol. The number of hydrogen-bond donors (Lipinski definition) is 2. The second-order valence-corrected chi connectivity index (χ2v) is 5.69. The number of piperazine rings is 1. The van der Waals surface area contributed by atoms with Crippen molar-refractivity contribution in [2.24, 2.45) is 17.0 Å². The summed E-state index contributed by atoms with van der Waals surface area (Å²) in [4.78, 5) is 2.35. The maximum atomic E-state index is 9.15. The van der Waals surface area contributed by atoms with E-state index in [9.17, 15) is 0 Å². The van der Waals surface area contributed by atoms with Gasteiger partial charge in [-0.25, -0.2) is 10.4 Å². The monoisotopic (exact) mass is 238 g/mol. The molecule has 0 spiro atoms. The van der Waals surface area contributed by atoms with E-state index in [0.717, 1.165) is 31.9 Å². The smallest absolute Gasteiger partial charge is 0.0787 e. The second-order valence-electron chi connectivity index (χ2n) is 5.69. The van der Waals surface area contributed by atoms with Crippen molar-refractivity contribution in [1.29, 1.82) is 0 Å². The molecule has 3 fully saturated rings. The Morgan fingerprint density at radius 3 is 2.71 bits per heavy atom. The van der Waals surface area contributed by atoms with Gasteiger partial charge < -0.3 is 10.1 Å². The van der Waals surface area contributed by atoms with Crippen LogP contribution in [0.4, 0.5) is 0 Å². The van der Waals surface area contributed by atoms with Crippen molar-refractivity contribution in [1.82, 2.24) is 15.3 Å². The van der Waals surface area contributed by atoms with Gasteiger partial charge in [0.1, 0.15) is 0 Å². The zero-order valence-corrected chi connectivity index (χ0v) is 10.5. The van der Waals surface area contributed by atoms with Crippen LogP contribution in [0.3, 0.4) is 0 Å². The molecule has 0 amide bonds. The van der Waals surface area contributed by atoms with Gasteiger partial charge in [0.15, 0.2) is 0 Å². The number of nitrogens with one attached hydrogen (secondary N) is 1. The number of oxime groups is 1. The van der Waals surface area contributed by atoms with Gasteiger partial charge in [-0.2, -0.15) is 0 Å². The molecule has 0 aromatic carbocycles. The molecule has 17 heavy (non-hydrogen) atoms. The highest BCUT2D eigenvalue weighted by Gasteiger charge is 2.46. The molecular weight excluding hydrogens is 216 g/mol. The summed E-state index contributed by atoms with van der Waals surface area (Å²) in [6.45, 7) is 4.34. The lowest BCUT2D eigenvalue weighted by atomic mass is 9.94. The highest BCUT2D eigenvalue weighted by atomic mass is 16.4. The molecule has 1 heterocycles. The standard InChI is InChI=1S/C12H22N4O/c1-15-4-6-16(7-5-15)13-11-9-2-3-10(8-9)12(11)14-17/h9-11,13,17H,2-8H2,1H3/b14-12+/t9-,10+,11-/m1/s1. The summed E-state index contributed by atoms with van der Waals surface area (Å²) in [6, 6.07) is 0.294. The Bertz CT molecular complexity index is 312. The van der Waals surface area contributed by atoms with Gasteiger partial charge in [-0.3, -0.25) is 0 Å². The molecule has 1 aliphatic heterocycles. The Labute approximate surface area is 102 Å². The topological polar surface area (TPSA) is 51.1 Å². The number of hydrogen-bond acceptors (Lipinski definition) is 5. The third-order valence-corrected chi connectivity index (χ3v) is 4.62. The number of hydrazine groups is 1. The molecule has 0 aromatic rings. The number of rotatable bonds is 2. The van der Waals surface area contributed by atoms with E-state index in [2.05, 4.69) is 27.5 Å². The van der Waals surface area contributed by atoms with Gasteiger partial charge in [0.05, 0.1) is 11.8 Å². The van der Waals surface area contributed by atoms with Crippen LogP contribution in [0.1, 0.15) is 19.3 Å². The van der Waals surface area contributed by atoms with E-state index in [-0.39, 0.29) is 0 Å². The molecule has 2 N–H and O–H groups in total. The summed E-state index contributed by atoms with van der Waals surface area (Å²) in [5, 5.41) is 15.0. The maximum Gasteiger partial charge on any atom is 0.0787 e. The summed E-state index contributed by atoms with van der Waals surface area (Å²) in [7, 11) is 2.16. The zero-order valence-electron chi connectivity index (χ0n) is 10.5. The molecule has 2 bridgehead atoms. The van der Waals surface area contributed by atoms with Gasteiger partial charge >= 0.3 is 0 Å². The van der Waals surface area contributed by atoms with Crippen LogP contribution in [0.5, 0.6) is 0 Å². The van der Waals surface area contributed by atoms with Crippen LogP contribution in [0, 0.1) is 11.8 Å². The van der Waals surface area contributed by atoms with E-state index < -0.39 is 0 Å². The Balaban J connectivity index is 1.61. The Morgan fingerprint density at radius 2 is 2.00 bits per heavy atom. The minimum Gasteiger partial charge on any atom is -0.411 e. The SMILES string of the molecule is CN1CCN(N[C@H]2/C(=N/O)[C@H]3CC[C@@H]2C3)CC1. The van der Waals surface area contributed by atoms with E-state index >= 15 is 0 Å². The van der Waals surface area contributed by atoms with Crippen molar-refractivity contribution in [2.45, 2.75) is 25.3 Å². The van der Waals surface area contributed by atoms with E-state index in [0.29, 0.717) is 17.9 Å². The molecule has 5 nitrogen and oxygen atoms in total. The van der Waals surface area contributed by atoms with Crippen LogP contribution in [0.15, 0.2) is 5.16 Å². The number of likely N-dealkylation sites (N-methyl/N-ethyl adjacent to an activating group) is 1. The van der Waals surface area contributed by atoms with Crippen molar-refractivity contribution in [3.63, 3.8) is 0 Å². The molecule has 0 radical (unpaired) electrons. The highest BCUT2D eigenvalue weighted by molar-refractivity contribution is 5.94. The molecule has 2 aliphatic carbocycles. The average Bonchev–Trinajstić information content (AvgIpc) is 2.92. The lowest BCUT2D eigenvalue weighted by Crippen LogP contribution is -2.56. The number of fused-ring (bicyclic) bond motifs is 2. The van der Waals surface area contributed by atoms with Crippen molar-refractivity contribution in [3.8, 4) is 0 Å². The average molecular weight is 238 g/mol. The molecule has 96 valence electrons. The quantitative estimate of drug-likeness (QED) is 0.539. The fraction of sp³-hybridized carbons (Fsp3) is 0.917. The molecule has 1 saturated heterocycles. The maximum absolute atomic E-state index is 9.15. The minimum atomic E-state index is 0.294. The van der Waals surface area contributed by atoms with Crippen molar-refractivity contribution in [2.75, 3.05) is 33.2 Å². The molecule has 0 aromatic heterocycles. The summed E-state index contributed by atoms with van der Waals surface area (Å²) < 4.78 is 0. The Kier molecular flexibility index (Phi) is 3.06. The van der Waals surface area contributed by atoms with Gasteiger partial charge in [0.25, 0.3) is 0 Å². The van der Waals surface area contributed by atoms with Crippen molar-refractivity contribution in [3.05, 3.63) is 0 Å². The van der Waals surface area contributed by atoms with Gasteiger partial charge in [-0.1, -0.05) is 5.16 Å². The Morgan fingerprint density at radius 1 is 1.24 bits per heavy atom. The van der Waals surface area contributed by atoms with E-state index in [4.69, 9.17) is 5.21 Å². The summed E-state index contributed by atoms with van der Waals surface area (Å²) >= 11 is 0. The first-order valence-electron chi connectivity index (χ1n) is 6.69. The molecule has 3 aliphatic rings. The van der Waals surface area contributed by atoms with Crippen LogP contribution in [0.2, 0.25) is 0 Å². The fourth-order valence-electron chi connectivity index (χ4n) is 3.53. The fourth-order valence-corrected chi connectivity index (χ4v) is 3.53. The predicted octanol–water partition coefficient (Wildman–Crippen LogP) is 0.367. The first-order chi connectivity index (χ1) is 8.28. The highest BCUT2D eigenvalue weighted by Crippen LogP contribution is 2.42. The second kappa shape index (κ2) is 4.55. The summed E-state index contributed by atoms with van der Waals surface area (Å²) in [5.41, 5.74) is 4.59. The minimum absolute atomic E-state index is 0.294. The molecule has 2 saturated carbocycles. The van der Waals surface area contributed by atoms with Crippen molar-refractivity contribution >= 4 is 5.71 Å². The normalized spacial score (nSPS) is 41.5. The van der Waals surface area contributed by atoms with Crippen molar-refractivity contribution < 1.29 is 5.21 Å². The summed E-state index contributed by atoms with van der Waals surface area (Å²) in [5.74, 6) is 1.22. The largest absolute Gasteiger partial charge is 0.411 e. The molecule has 3 rings (SSSR count). The van der Waals surface area contributed by atoms with E-state index in [1.165, 1.54) is 19.3 Å². The van der Waals surface area contributed by atoms with Gasteiger partial charge in [0, 0.05) is 32.1 Å². The molecule has 5 heteroatoms. The van der Waals surface area contributed by atoms with Crippen LogP contribution < -0.4 is 5.43 Å². The van der Waals surface area contributed by atoms with Crippen LogP contribution in [-0.4, -0.2) is 60.1 Å². The van der Waals surface area contributed by atoms with Crippen LogP contribution >= 0.6 is 0 Å². The zero-order chi connectivity index (χ0) is 11.8. The van der Waals surface area contributed by atoms with Crippen LogP contribution in [0.25, 0.3) is 0 Å². The summed E-state index contributed by atoms with van der Waals surface area (Å²) in [6.07, 6.45) is 3.71. The molecular formula is C12H22N4O. The van der Waals surface area contributed by atoms with Gasteiger partial charge in [-0.05, 0) is 32.2 Å². The van der Waals surface area contributed by atoms with Gasteiger partial charge in [0.2, 0.25) is 0 Å². The lowest BCUT2D eigenvalue weighted by Gasteiger charge is -2.36. The van der Waals surface area contributed by atoms with E-state index in [1.807, 2.05) is 0 Å². The molecule has 0 unspecified atom stereocenters. The number of nitrogens with zero attached hydrogens (tertiary/aromatic N) is 3. The third kappa shape index (κ3) is 2.07. The lowest BCUT2D eigenvalue weighted by molar-refractivity contribution is 0.0884. The first-order valence-corrected chi connectivity index (χ1v) is 6.69. The van der Waals surface area contributed by atoms with Gasteiger partial charge in [-0.15, -0.1) is 0 Å². The first kappa shape index (κ1) is 11.4. The third-order valence-electron chi connectivity index (χ3n) is 4.62. The van der Waals surface area contributed by atoms with E-state index in [1.54, 1.807) is 0 Å². The Hall–Kier alpha value is -0.650. The van der Waals surface area contributed by atoms with Crippen LogP contribution in [-0.2, 0) is 0 Å².